The van der Waals surface area contributed by atoms with E-state index >= 15 is 0 Å². The maximum atomic E-state index is 12.1. The van der Waals surface area contributed by atoms with Gasteiger partial charge < -0.3 is 9.72 Å². The summed E-state index contributed by atoms with van der Waals surface area (Å²) >= 11 is 0. The van der Waals surface area contributed by atoms with Crippen LogP contribution in [0.4, 0.5) is 0 Å². The quantitative estimate of drug-likeness (QED) is 0.838. The van der Waals surface area contributed by atoms with Crippen molar-refractivity contribution in [2.75, 3.05) is 7.11 Å². The van der Waals surface area contributed by atoms with Gasteiger partial charge in [-0.1, -0.05) is 20.3 Å². The highest BCUT2D eigenvalue weighted by Crippen LogP contribution is 2.23. The zero-order chi connectivity index (χ0) is 13.1. The number of rotatable bonds is 3. The fourth-order valence-corrected chi connectivity index (χ4v) is 2.63. The molecule has 0 spiro atoms. The summed E-state index contributed by atoms with van der Waals surface area (Å²) in [4.78, 5) is 19.7. The molecule has 0 amide bonds. The van der Waals surface area contributed by atoms with E-state index in [2.05, 4.69) is 23.8 Å². The van der Waals surface area contributed by atoms with E-state index in [9.17, 15) is 4.79 Å². The van der Waals surface area contributed by atoms with Crippen molar-refractivity contribution >= 4 is 0 Å². The first kappa shape index (κ1) is 13.3. The molecule has 0 aliphatic heterocycles. The van der Waals surface area contributed by atoms with E-state index in [4.69, 9.17) is 4.74 Å². The van der Waals surface area contributed by atoms with Crippen LogP contribution in [-0.2, 0) is 17.6 Å². The smallest absolute Gasteiger partial charge is 0.254 e. The largest absolute Gasteiger partial charge is 0.373 e. The molecule has 0 saturated carbocycles. The number of hydrogen-bond acceptors (Lipinski definition) is 3. The first-order valence-corrected chi connectivity index (χ1v) is 6.78. The number of nitrogens with zero attached hydrogens (tertiary/aromatic N) is 1. The predicted octanol–water partition coefficient (Wildman–Crippen LogP) is 2.38. The Labute approximate surface area is 108 Å². The third kappa shape index (κ3) is 2.64. The summed E-state index contributed by atoms with van der Waals surface area (Å²) in [7, 11) is 1.66. The van der Waals surface area contributed by atoms with E-state index in [1.165, 1.54) is 6.42 Å². The Morgan fingerprint density at radius 2 is 1.94 bits per heavy atom. The molecule has 1 N–H and O–H groups in total. The summed E-state index contributed by atoms with van der Waals surface area (Å²) in [6.45, 7) is 4.14. The molecule has 1 aliphatic rings. The third-order valence-electron chi connectivity index (χ3n) is 3.59. The summed E-state index contributed by atoms with van der Waals surface area (Å²) in [6, 6.07) is 0. The van der Waals surface area contributed by atoms with Crippen molar-refractivity contribution < 1.29 is 4.74 Å². The molecular weight excluding hydrogens is 228 g/mol. The lowest BCUT2D eigenvalue weighted by Crippen LogP contribution is -2.23. The van der Waals surface area contributed by atoms with Gasteiger partial charge in [-0.15, -0.1) is 0 Å². The second-order valence-electron chi connectivity index (χ2n) is 5.34. The van der Waals surface area contributed by atoms with Crippen LogP contribution >= 0.6 is 0 Å². The minimum Gasteiger partial charge on any atom is -0.373 e. The van der Waals surface area contributed by atoms with Crippen molar-refractivity contribution in [1.82, 2.24) is 9.97 Å². The number of H-pyrrole nitrogens is 1. The minimum atomic E-state index is -0.133. The van der Waals surface area contributed by atoms with Gasteiger partial charge in [-0.2, -0.15) is 0 Å². The lowest BCUT2D eigenvalue weighted by atomic mass is 10.1. The van der Waals surface area contributed by atoms with Crippen molar-refractivity contribution in [3.05, 3.63) is 27.4 Å². The first-order valence-electron chi connectivity index (χ1n) is 6.78. The minimum absolute atomic E-state index is 0.0274. The Kier molecular flexibility index (Phi) is 4.17. The number of fused-ring (bicyclic) bond motifs is 1. The van der Waals surface area contributed by atoms with Crippen LogP contribution in [0.25, 0.3) is 0 Å². The summed E-state index contributed by atoms with van der Waals surface area (Å²) < 4.78 is 5.44. The second-order valence-corrected chi connectivity index (χ2v) is 5.34. The Morgan fingerprint density at radius 3 is 2.61 bits per heavy atom. The lowest BCUT2D eigenvalue weighted by Gasteiger charge is -2.19. The van der Waals surface area contributed by atoms with Crippen LogP contribution in [0.3, 0.4) is 0 Å². The molecule has 1 unspecified atom stereocenters. The van der Waals surface area contributed by atoms with Crippen LogP contribution < -0.4 is 5.56 Å². The third-order valence-corrected chi connectivity index (χ3v) is 3.59. The summed E-state index contributed by atoms with van der Waals surface area (Å²) in [6.07, 6.45) is 5.05. The van der Waals surface area contributed by atoms with E-state index in [0.29, 0.717) is 11.7 Å². The number of ether oxygens (including phenoxy) is 1. The highest BCUT2D eigenvalue weighted by Gasteiger charge is 2.21. The molecule has 2 rings (SSSR count). The summed E-state index contributed by atoms with van der Waals surface area (Å²) in [5, 5.41) is 0. The Balaban J connectivity index is 2.43. The summed E-state index contributed by atoms with van der Waals surface area (Å²) in [5.74, 6) is 0.972. The fourth-order valence-electron chi connectivity index (χ4n) is 2.63. The van der Waals surface area contributed by atoms with Gasteiger partial charge in [0.2, 0.25) is 0 Å². The van der Waals surface area contributed by atoms with Crippen LogP contribution in [-0.4, -0.2) is 17.1 Å². The number of aromatic amines is 1. The average Bonchev–Trinajstić information content (AvgIpc) is 2.55. The molecule has 1 atom stereocenters. The van der Waals surface area contributed by atoms with Crippen molar-refractivity contribution in [2.45, 2.75) is 52.1 Å². The zero-order valence-electron chi connectivity index (χ0n) is 11.5. The van der Waals surface area contributed by atoms with Crippen molar-refractivity contribution in [3.8, 4) is 0 Å². The number of methoxy groups -OCH3 is 1. The van der Waals surface area contributed by atoms with E-state index < -0.39 is 0 Å². The van der Waals surface area contributed by atoms with E-state index in [1.807, 2.05) is 0 Å². The van der Waals surface area contributed by atoms with Gasteiger partial charge in [-0.3, -0.25) is 4.79 Å². The Morgan fingerprint density at radius 1 is 1.22 bits per heavy atom. The van der Waals surface area contributed by atoms with Crippen molar-refractivity contribution in [1.29, 1.82) is 0 Å². The molecule has 1 heterocycles. The van der Waals surface area contributed by atoms with Gasteiger partial charge in [0.05, 0.1) is 5.69 Å². The topological polar surface area (TPSA) is 55.0 Å². The van der Waals surface area contributed by atoms with Gasteiger partial charge in [0.1, 0.15) is 11.9 Å². The monoisotopic (exact) mass is 250 g/mol. The van der Waals surface area contributed by atoms with Crippen LogP contribution in [0.5, 0.6) is 0 Å². The van der Waals surface area contributed by atoms with E-state index in [-0.39, 0.29) is 11.7 Å². The molecule has 0 bridgehead atoms. The van der Waals surface area contributed by atoms with Gasteiger partial charge in [-0.05, 0) is 31.6 Å². The molecule has 0 aromatic carbocycles. The van der Waals surface area contributed by atoms with E-state index in [0.717, 1.165) is 36.9 Å². The van der Waals surface area contributed by atoms with Crippen LogP contribution in [0.1, 0.15) is 56.3 Å². The average molecular weight is 250 g/mol. The highest BCUT2D eigenvalue weighted by atomic mass is 16.5. The van der Waals surface area contributed by atoms with E-state index in [1.54, 1.807) is 7.11 Å². The first-order chi connectivity index (χ1) is 8.63. The highest BCUT2D eigenvalue weighted by molar-refractivity contribution is 5.20. The van der Waals surface area contributed by atoms with Crippen LogP contribution in [0, 0.1) is 5.92 Å². The molecule has 1 aromatic heterocycles. The molecule has 0 fully saturated rings. The Bertz CT molecular complexity index is 465. The summed E-state index contributed by atoms with van der Waals surface area (Å²) in [5.41, 5.74) is 1.89. The van der Waals surface area contributed by atoms with Crippen molar-refractivity contribution in [2.24, 2.45) is 5.92 Å². The normalized spacial score (nSPS) is 17.3. The standard InChI is InChI=1S/C14H22N2O2/c1-9(2)12(18-3)13-15-11-8-6-4-5-7-10(11)14(17)16-13/h9,12H,4-8H2,1-3H3,(H,15,16,17). The molecule has 1 aromatic rings. The van der Waals surface area contributed by atoms with Gasteiger partial charge in [-0.25, -0.2) is 4.98 Å². The molecule has 4 heteroatoms. The molecule has 0 radical (unpaired) electrons. The zero-order valence-corrected chi connectivity index (χ0v) is 11.5. The number of hydrogen-bond donors (Lipinski definition) is 1. The fraction of sp³-hybridized carbons (Fsp3) is 0.714. The number of aromatic nitrogens is 2. The van der Waals surface area contributed by atoms with Gasteiger partial charge >= 0.3 is 0 Å². The number of nitrogens with one attached hydrogen (secondary N) is 1. The van der Waals surface area contributed by atoms with Crippen molar-refractivity contribution in [3.63, 3.8) is 0 Å². The molecule has 100 valence electrons. The van der Waals surface area contributed by atoms with Crippen LogP contribution in [0.15, 0.2) is 4.79 Å². The maximum absolute atomic E-state index is 12.1. The second kappa shape index (κ2) is 5.65. The predicted molar refractivity (Wildman–Crippen MR) is 70.7 cm³/mol. The molecular formula is C14H22N2O2. The maximum Gasteiger partial charge on any atom is 0.254 e. The molecule has 0 saturated heterocycles. The van der Waals surface area contributed by atoms with Crippen LogP contribution in [0.2, 0.25) is 0 Å². The van der Waals surface area contributed by atoms with Gasteiger partial charge in [0.25, 0.3) is 5.56 Å². The molecule has 1 aliphatic carbocycles. The van der Waals surface area contributed by atoms with Gasteiger partial charge in [0.15, 0.2) is 0 Å². The SMILES string of the molecule is COC(c1nc2c(c(=O)[nH]1)CCCCC2)C(C)C. The molecule has 4 nitrogen and oxygen atoms in total. The Hall–Kier alpha value is -1.16. The number of aryl methyl sites for hydroxylation is 1. The lowest BCUT2D eigenvalue weighted by molar-refractivity contribution is 0.0570. The molecule has 18 heavy (non-hydrogen) atoms. The van der Waals surface area contributed by atoms with Gasteiger partial charge in [0, 0.05) is 12.7 Å².